The van der Waals surface area contributed by atoms with Gasteiger partial charge in [0.15, 0.2) is 0 Å². The third kappa shape index (κ3) is 4.88. The predicted molar refractivity (Wildman–Crippen MR) is 84.2 cm³/mol. The van der Waals surface area contributed by atoms with Crippen LogP contribution in [0.2, 0.25) is 0 Å². The highest BCUT2D eigenvalue weighted by Gasteiger charge is 2.09. The largest absolute Gasteiger partial charge is 0.493 e. The van der Waals surface area contributed by atoms with E-state index < -0.39 is 0 Å². The zero-order valence-electron chi connectivity index (χ0n) is 12.8. The van der Waals surface area contributed by atoms with E-state index in [1.807, 2.05) is 38.1 Å². The molecule has 0 saturated heterocycles. The lowest BCUT2D eigenvalue weighted by molar-refractivity contribution is -0.122. The number of hydrogen-bond acceptors (Lipinski definition) is 2. The minimum absolute atomic E-state index is 0.0936. The van der Waals surface area contributed by atoms with E-state index in [-0.39, 0.29) is 24.2 Å². The molecule has 1 N–H and O–H groups in total. The van der Waals surface area contributed by atoms with Crippen molar-refractivity contribution in [3.63, 3.8) is 0 Å². The molecular weight excluding hydrogens is 281 g/mol. The number of amides is 1. The first kappa shape index (κ1) is 16.0. The zero-order chi connectivity index (χ0) is 15.9. The molecule has 2 rings (SSSR count). The maximum atomic E-state index is 12.9. The Bertz CT molecular complexity index is 608. The normalized spacial score (nSPS) is 11.8. The van der Waals surface area contributed by atoms with Gasteiger partial charge in [-0.2, -0.15) is 0 Å². The molecular formula is C18H20FNO2. The van der Waals surface area contributed by atoms with E-state index in [1.165, 1.54) is 17.7 Å². The fourth-order valence-corrected chi connectivity index (χ4v) is 2.04. The molecule has 0 heterocycles. The molecule has 0 aromatic heterocycles. The lowest BCUT2D eigenvalue weighted by Gasteiger charge is -2.14. The second-order valence-corrected chi connectivity index (χ2v) is 5.25. The van der Waals surface area contributed by atoms with E-state index in [1.54, 1.807) is 12.1 Å². The number of hydrogen-bond donors (Lipinski definition) is 1. The Kier molecular flexibility index (Phi) is 5.53. The van der Waals surface area contributed by atoms with Crippen LogP contribution in [0, 0.1) is 12.7 Å². The second kappa shape index (κ2) is 7.59. The minimum Gasteiger partial charge on any atom is -0.493 e. The van der Waals surface area contributed by atoms with E-state index in [4.69, 9.17) is 4.74 Å². The molecule has 2 aromatic rings. The van der Waals surface area contributed by atoms with Gasteiger partial charge in [-0.25, -0.2) is 4.39 Å². The topological polar surface area (TPSA) is 38.3 Å². The minimum atomic E-state index is -0.284. The first-order valence-electron chi connectivity index (χ1n) is 7.29. The van der Waals surface area contributed by atoms with Gasteiger partial charge < -0.3 is 10.1 Å². The molecule has 0 aliphatic heterocycles. The summed E-state index contributed by atoms with van der Waals surface area (Å²) >= 11 is 0. The van der Waals surface area contributed by atoms with Gasteiger partial charge in [0.2, 0.25) is 5.91 Å². The third-order valence-corrected chi connectivity index (χ3v) is 3.37. The molecule has 116 valence electrons. The van der Waals surface area contributed by atoms with Crippen molar-refractivity contribution in [2.45, 2.75) is 26.3 Å². The highest BCUT2D eigenvalue weighted by molar-refractivity contribution is 5.76. The zero-order valence-corrected chi connectivity index (χ0v) is 12.8. The van der Waals surface area contributed by atoms with Gasteiger partial charge >= 0.3 is 0 Å². The molecule has 2 aromatic carbocycles. The molecule has 0 saturated carbocycles. The van der Waals surface area contributed by atoms with Crippen LogP contribution in [-0.4, -0.2) is 12.5 Å². The smallest absolute Gasteiger partial charge is 0.223 e. The van der Waals surface area contributed by atoms with E-state index >= 15 is 0 Å². The molecule has 3 nitrogen and oxygen atoms in total. The number of halogens is 1. The summed E-state index contributed by atoms with van der Waals surface area (Å²) in [7, 11) is 0. The van der Waals surface area contributed by atoms with Crippen LogP contribution >= 0.6 is 0 Å². The first-order chi connectivity index (χ1) is 10.5. The first-order valence-corrected chi connectivity index (χ1v) is 7.29. The van der Waals surface area contributed by atoms with Crippen LogP contribution in [0.15, 0.2) is 48.5 Å². The summed E-state index contributed by atoms with van der Waals surface area (Å²) in [6.45, 7) is 4.20. The van der Waals surface area contributed by atoms with Crippen LogP contribution in [0.3, 0.4) is 0 Å². The molecule has 0 bridgehead atoms. The van der Waals surface area contributed by atoms with Crippen LogP contribution in [-0.2, 0) is 4.79 Å². The Labute approximate surface area is 130 Å². The van der Waals surface area contributed by atoms with Crippen molar-refractivity contribution in [1.29, 1.82) is 0 Å². The summed E-state index contributed by atoms with van der Waals surface area (Å²) in [5.41, 5.74) is 2.03. The predicted octanol–water partition coefficient (Wildman–Crippen LogP) is 3.78. The Morgan fingerprint density at radius 3 is 2.41 bits per heavy atom. The van der Waals surface area contributed by atoms with E-state index in [2.05, 4.69) is 5.32 Å². The van der Waals surface area contributed by atoms with Gasteiger partial charge in [0.25, 0.3) is 0 Å². The Morgan fingerprint density at radius 2 is 1.77 bits per heavy atom. The van der Waals surface area contributed by atoms with Crippen LogP contribution in [0.5, 0.6) is 5.75 Å². The van der Waals surface area contributed by atoms with Gasteiger partial charge in [-0.05, 0) is 43.7 Å². The fraction of sp³-hybridized carbons (Fsp3) is 0.278. The standard InChI is InChI=1S/C18H20FNO2/c1-13-3-9-17(10-4-13)22-12-11-18(21)20-14(2)15-5-7-16(19)8-6-15/h3-10,14H,11-12H2,1-2H3,(H,20,21)/t14-/m0/s1. The number of ether oxygens (including phenoxy) is 1. The van der Waals surface area contributed by atoms with Gasteiger partial charge in [-0.1, -0.05) is 29.8 Å². The number of benzene rings is 2. The molecule has 0 fully saturated rings. The van der Waals surface area contributed by atoms with Crippen molar-refractivity contribution in [3.8, 4) is 5.75 Å². The van der Waals surface area contributed by atoms with Crippen molar-refractivity contribution >= 4 is 5.91 Å². The van der Waals surface area contributed by atoms with Crippen LogP contribution in [0.25, 0.3) is 0 Å². The Hall–Kier alpha value is -2.36. The van der Waals surface area contributed by atoms with E-state index in [9.17, 15) is 9.18 Å². The molecule has 0 spiro atoms. The molecule has 0 radical (unpaired) electrons. The Balaban J connectivity index is 1.75. The third-order valence-electron chi connectivity index (χ3n) is 3.37. The summed E-state index contributed by atoms with van der Waals surface area (Å²) in [6.07, 6.45) is 0.277. The number of nitrogens with one attached hydrogen (secondary N) is 1. The molecule has 1 atom stereocenters. The lowest BCUT2D eigenvalue weighted by Crippen LogP contribution is -2.27. The number of aryl methyl sites for hydroxylation is 1. The summed E-state index contributed by atoms with van der Waals surface area (Å²) < 4.78 is 18.4. The maximum absolute atomic E-state index is 12.9. The van der Waals surface area contributed by atoms with Gasteiger partial charge in [-0.15, -0.1) is 0 Å². The van der Waals surface area contributed by atoms with Crippen molar-refractivity contribution in [3.05, 3.63) is 65.5 Å². The summed E-state index contributed by atoms with van der Waals surface area (Å²) in [5.74, 6) is 0.377. The van der Waals surface area contributed by atoms with E-state index in [0.29, 0.717) is 6.61 Å². The van der Waals surface area contributed by atoms with Crippen molar-refractivity contribution in [2.24, 2.45) is 0 Å². The fourth-order valence-electron chi connectivity index (χ4n) is 2.04. The van der Waals surface area contributed by atoms with Gasteiger partial charge in [0, 0.05) is 0 Å². The summed E-state index contributed by atoms with van der Waals surface area (Å²) in [6, 6.07) is 13.6. The number of rotatable bonds is 6. The van der Waals surface area contributed by atoms with Gasteiger partial charge in [0.05, 0.1) is 19.1 Å². The summed E-state index contributed by atoms with van der Waals surface area (Å²) in [4.78, 5) is 11.9. The van der Waals surface area contributed by atoms with Crippen LogP contribution < -0.4 is 10.1 Å². The molecule has 1 amide bonds. The highest BCUT2D eigenvalue weighted by Crippen LogP contribution is 2.14. The lowest BCUT2D eigenvalue weighted by atomic mass is 10.1. The molecule has 4 heteroatoms. The molecule has 0 aliphatic rings. The number of carbonyl (C=O) groups excluding carboxylic acids is 1. The molecule has 0 aliphatic carbocycles. The van der Waals surface area contributed by atoms with Crippen molar-refractivity contribution in [2.75, 3.05) is 6.61 Å². The quantitative estimate of drug-likeness (QED) is 0.881. The van der Waals surface area contributed by atoms with Crippen LogP contribution in [0.1, 0.15) is 30.5 Å². The average Bonchev–Trinajstić information content (AvgIpc) is 2.50. The van der Waals surface area contributed by atoms with Crippen molar-refractivity contribution in [1.82, 2.24) is 5.32 Å². The SMILES string of the molecule is Cc1ccc(OCCC(=O)N[C@@H](C)c2ccc(F)cc2)cc1. The average molecular weight is 301 g/mol. The van der Waals surface area contributed by atoms with Gasteiger partial charge in [-0.3, -0.25) is 4.79 Å². The monoisotopic (exact) mass is 301 g/mol. The number of carbonyl (C=O) groups is 1. The molecule has 0 unspecified atom stereocenters. The van der Waals surface area contributed by atoms with Crippen molar-refractivity contribution < 1.29 is 13.9 Å². The maximum Gasteiger partial charge on any atom is 0.223 e. The Morgan fingerprint density at radius 1 is 1.14 bits per heavy atom. The molecule has 22 heavy (non-hydrogen) atoms. The highest BCUT2D eigenvalue weighted by atomic mass is 19.1. The van der Waals surface area contributed by atoms with E-state index in [0.717, 1.165) is 11.3 Å². The van der Waals surface area contributed by atoms with Gasteiger partial charge in [0.1, 0.15) is 11.6 Å². The van der Waals surface area contributed by atoms with Crippen LogP contribution in [0.4, 0.5) is 4.39 Å². The second-order valence-electron chi connectivity index (χ2n) is 5.25. The summed E-state index contributed by atoms with van der Waals surface area (Å²) in [5, 5.41) is 2.87.